The van der Waals surface area contributed by atoms with Crippen LogP contribution in [0.3, 0.4) is 0 Å². The summed E-state index contributed by atoms with van der Waals surface area (Å²) in [5.74, 6) is 0. The van der Waals surface area contributed by atoms with E-state index in [1.807, 2.05) is 11.3 Å². The Bertz CT molecular complexity index is 2050. The molecule has 0 atom stereocenters. The lowest BCUT2D eigenvalue weighted by atomic mass is 10.0. The Morgan fingerprint density at radius 3 is 1.92 bits per heavy atom. The number of hydrogen-bond donors (Lipinski definition) is 0. The summed E-state index contributed by atoms with van der Waals surface area (Å²) in [5.41, 5.74) is 5.38. The van der Waals surface area contributed by atoms with Crippen molar-refractivity contribution < 1.29 is 4.42 Å². The molecule has 0 amide bonds. The maximum absolute atomic E-state index is 6.71. The molecule has 0 saturated carbocycles. The Morgan fingerprint density at radius 2 is 1.14 bits per heavy atom. The fourth-order valence-corrected chi connectivity index (χ4v) is 6.79. The molecule has 2 aromatic heterocycles. The smallest absolute Gasteiger partial charge is 0.144 e. The quantitative estimate of drug-likeness (QED) is 0.244. The summed E-state index contributed by atoms with van der Waals surface area (Å²) in [5, 5.41) is 7.11. The number of fused-ring (bicyclic) bond motifs is 9. The van der Waals surface area contributed by atoms with E-state index in [1.54, 1.807) is 0 Å². The normalized spacial score (nSPS) is 11.8. The minimum atomic E-state index is 0.964. The van der Waals surface area contributed by atoms with E-state index in [9.17, 15) is 0 Å². The molecular weight excluding hydrogens is 470 g/mol. The maximum atomic E-state index is 6.71. The van der Waals surface area contributed by atoms with Crippen molar-refractivity contribution in [3.63, 3.8) is 0 Å². The third-order valence-corrected chi connectivity index (χ3v) is 8.43. The molecule has 0 N–H and O–H groups in total. The predicted molar refractivity (Wildman–Crippen MR) is 159 cm³/mol. The molecule has 0 saturated heterocycles. The van der Waals surface area contributed by atoms with Gasteiger partial charge in [-0.3, -0.25) is 0 Å². The molecule has 3 heteroatoms. The van der Waals surface area contributed by atoms with E-state index >= 15 is 0 Å². The van der Waals surface area contributed by atoms with Gasteiger partial charge in [0.05, 0.1) is 10.4 Å². The van der Waals surface area contributed by atoms with Gasteiger partial charge in [-0.05, 0) is 53.9 Å². The highest BCUT2D eigenvalue weighted by molar-refractivity contribution is 7.26. The summed E-state index contributed by atoms with van der Waals surface area (Å²) in [6.07, 6.45) is 0. The topological polar surface area (TPSA) is 16.4 Å². The summed E-state index contributed by atoms with van der Waals surface area (Å²) in [4.78, 5) is 2.35. The van der Waals surface area contributed by atoms with E-state index < -0.39 is 0 Å². The Hall–Kier alpha value is -4.60. The van der Waals surface area contributed by atoms with Gasteiger partial charge in [-0.1, -0.05) is 78.9 Å². The molecule has 2 nitrogen and oxygen atoms in total. The van der Waals surface area contributed by atoms with Crippen LogP contribution in [0, 0.1) is 0 Å². The second-order valence-corrected chi connectivity index (χ2v) is 10.4. The van der Waals surface area contributed by atoms with Gasteiger partial charge in [0, 0.05) is 43.0 Å². The van der Waals surface area contributed by atoms with Crippen LogP contribution in [0.15, 0.2) is 132 Å². The van der Waals surface area contributed by atoms with Crippen molar-refractivity contribution in [3.05, 3.63) is 127 Å². The van der Waals surface area contributed by atoms with E-state index in [2.05, 4.69) is 132 Å². The van der Waals surface area contributed by atoms with E-state index in [0.29, 0.717) is 0 Å². The lowest BCUT2D eigenvalue weighted by Crippen LogP contribution is -2.09. The van der Waals surface area contributed by atoms with E-state index in [0.717, 1.165) is 27.9 Å². The van der Waals surface area contributed by atoms with Crippen LogP contribution >= 0.6 is 11.3 Å². The van der Waals surface area contributed by atoms with Crippen LogP contribution in [0.25, 0.3) is 52.9 Å². The van der Waals surface area contributed by atoms with E-state index in [-0.39, 0.29) is 0 Å². The van der Waals surface area contributed by atoms with Crippen LogP contribution in [0.1, 0.15) is 0 Å². The monoisotopic (exact) mass is 491 g/mol. The zero-order valence-electron chi connectivity index (χ0n) is 19.9. The molecule has 8 rings (SSSR count). The third-order valence-electron chi connectivity index (χ3n) is 7.24. The number of rotatable bonds is 3. The first-order valence-electron chi connectivity index (χ1n) is 12.5. The molecule has 0 fully saturated rings. The Kier molecular flexibility index (Phi) is 4.42. The molecule has 6 aromatic carbocycles. The van der Waals surface area contributed by atoms with Crippen molar-refractivity contribution in [1.82, 2.24) is 0 Å². The Morgan fingerprint density at radius 1 is 0.486 bits per heavy atom. The van der Waals surface area contributed by atoms with Gasteiger partial charge in [-0.15, -0.1) is 11.3 Å². The van der Waals surface area contributed by atoms with Gasteiger partial charge in [-0.25, -0.2) is 0 Å². The SMILES string of the molecule is c1ccc(N(c2ccccc2)c2cccc3c2sc2ccc4c5ccc6ccccc6c5oc4c23)cc1. The Balaban J connectivity index is 1.46. The number of thiophene rings is 1. The molecule has 0 aliphatic heterocycles. The van der Waals surface area contributed by atoms with Gasteiger partial charge in [0.1, 0.15) is 11.2 Å². The van der Waals surface area contributed by atoms with Gasteiger partial charge in [0.25, 0.3) is 0 Å². The van der Waals surface area contributed by atoms with Crippen molar-refractivity contribution in [1.29, 1.82) is 0 Å². The summed E-state index contributed by atoms with van der Waals surface area (Å²) in [7, 11) is 0. The van der Waals surface area contributed by atoms with Crippen molar-refractivity contribution >= 4 is 81.3 Å². The highest BCUT2D eigenvalue weighted by atomic mass is 32.1. The minimum absolute atomic E-state index is 0.964. The fourth-order valence-electron chi connectivity index (χ4n) is 5.59. The van der Waals surface area contributed by atoms with Crippen LogP contribution in [0.4, 0.5) is 17.1 Å². The molecule has 174 valence electrons. The maximum Gasteiger partial charge on any atom is 0.144 e. The molecule has 0 bridgehead atoms. The van der Waals surface area contributed by atoms with Crippen LogP contribution in [0.2, 0.25) is 0 Å². The number of hydrogen-bond acceptors (Lipinski definition) is 3. The number of anilines is 3. The second kappa shape index (κ2) is 7.95. The second-order valence-electron chi connectivity index (χ2n) is 9.34. The lowest BCUT2D eigenvalue weighted by molar-refractivity contribution is 0.677. The zero-order valence-corrected chi connectivity index (χ0v) is 20.7. The van der Waals surface area contributed by atoms with Gasteiger partial charge >= 0.3 is 0 Å². The molecule has 0 aliphatic carbocycles. The molecule has 0 aliphatic rings. The van der Waals surface area contributed by atoms with Gasteiger partial charge in [0.2, 0.25) is 0 Å². The molecule has 37 heavy (non-hydrogen) atoms. The molecule has 2 heterocycles. The van der Waals surface area contributed by atoms with Gasteiger partial charge in [-0.2, -0.15) is 0 Å². The first-order valence-corrected chi connectivity index (χ1v) is 13.3. The van der Waals surface area contributed by atoms with Crippen LogP contribution in [0.5, 0.6) is 0 Å². The van der Waals surface area contributed by atoms with Gasteiger partial charge < -0.3 is 9.32 Å². The van der Waals surface area contributed by atoms with Crippen LogP contribution in [-0.4, -0.2) is 0 Å². The van der Waals surface area contributed by atoms with Crippen molar-refractivity contribution in [2.75, 3.05) is 4.90 Å². The molecular formula is C34H21NOS. The highest BCUT2D eigenvalue weighted by Crippen LogP contribution is 2.47. The summed E-state index contributed by atoms with van der Waals surface area (Å²) in [6.45, 7) is 0. The molecule has 8 aromatic rings. The number of furan rings is 1. The average Bonchev–Trinajstić information content (AvgIpc) is 3.53. The number of para-hydroxylation sites is 2. The Labute approximate surface area is 217 Å². The predicted octanol–water partition coefficient (Wildman–Crippen LogP) is 10.6. The van der Waals surface area contributed by atoms with E-state index in [1.165, 1.54) is 42.0 Å². The largest absolute Gasteiger partial charge is 0.455 e. The highest BCUT2D eigenvalue weighted by Gasteiger charge is 2.20. The lowest BCUT2D eigenvalue weighted by Gasteiger charge is -2.25. The van der Waals surface area contributed by atoms with Crippen LogP contribution < -0.4 is 4.90 Å². The minimum Gasteiger partial charge on any atom is -0.455 e. The summed E-state index contributed by atoms with van der Waals surface area (Å²) in [6, 6.07) is 45.1. The molecule has 0 spiro atoms. The third kappa shape index (κ3) is 3.05. The fraction of sp³-hybridized carbons (Fsp3) is 0. The van der Waals surface area contributed by atoms with E-state index in [4.69, 9.17) is 4.42 Å². The first-order chi connectivity index (χ1) is 18.4. The van der Waals surface area contributed by atoms with Crippen molar-refractivity contribution in [3.8, 4) is 0 Å². The number of nitrogens with zero attached hydrogens (tertiary/aromatic N) is 1. The average molecular weight is 492 g/mol. The van der Waals surface area contributed by atoms with Crippen LogP contribution in [-0.2, 0) is 0 Å². The molecule has 0 unspecified atom stereocenters. The van der Waals surface area contributed by atoms with Gasteiger partial charge in [0.15, 0.2) is 0 Å². The first kappa shape index (κ1) is 20.6. The van der Waals surface area contributed by atoms with Crippen molar-refractivity contribution in [2.45, 2.75) is 0 Å². The zero-order chi connectivity index (χ0) is 24.3. The standard InChI is InChI=1S/C34H21NOS/c1-3-11-23(12-4-1)35(24-13-5-2-6-14-24)29-17-9-16-28-31-30(37-34(28)29)21-20-27-26-19-18-22-10-7-8-15-25(22)32(26)36-33(27)31/h1-21H. The van der Waals surface area contributed by atoms with Crippen molar-refractivity contribution in [2.24, 2.45) is 0 Å². The summed E-state index contributed by atoms with van der Waals surface area (Å²) >= 11 is 1.83. The molecule has 0 radical (unpaired) electrons. The number of benzene rings is 6. The summed E-state index contributed by atoms with van der Waals surface area (Å²) < 4.78 is 9.20.